The van der Waals surface area contributed by atoms with Crippen LogP contribution in [-0.2, 0) is 15.8 Å². The van der Waals surface area contributed by atoms with Crippen LogP contribution in [-0.4, -0.2) is 21.0 Å². The molecular formula is C12H15F2N3O2S. The third-order valence-electron chi connectivity index (χ3n) is 3.22. The summed E-state index contributed by atoms with van der Waals surface area (Å²) in [5.74, 6) is -3.94. The van der Waals surface area contributed by atoms with Gasteiger partial charge in [-0.15, -0.1) is 0 Å². The molecule has 0 bridgehead atoms. The minimum atomic E-state index is -2.78. The number of pyridine rings is 1. The van der Waals surface area contributed by atoms with E-state index in [1.807, 2.05) is 0 Å². The lowest BCUT2D eigenvalue weighted by molar-refractivity contribution is -0.127. The number of nitrogens with one attached hydrogen (secondary N) is 1. The second kappa shape index (κ2) is 5.92. The summed E-state index contributed by atoms with van der Waals surface area (Å²) in [6, 6.07) is 2.87. The van der Waals surface area contributed by atoms with Gasteiger partial charge in [0.25, 0.3) is 0 Å². The van der Waals surface area contributed by atoms with Crippen molar-refractivity contribution in [3.05, 3.63) is 18.3 Å². The fraction of sp³-hybridized carbons (Fsp3) is 0.500. The van der Waals surface area contributed by atoms with Crippen molar-refractivity contribution in [2.75, 3.05) is 5.32 Å². The van der Waals surface area contributed by atoms with Crippen molar-refractivity contribution in [1.82, 2.24) is 4.98 Å². The highest BCUT2D eigenvalue weighted by Gasteiger charge is 2.39. The maximum atomic E-state index is 13.3. The minimum Gasteiger partial charge on any atom is -0.326 e. The highest BCUT2D eigenvalue weighted by molar-refractivity contribution is 7.82. The van der Waals surface area contributed by atoms with Crippen molar-refractivity contribution < 1.29 is 17.8 Å². The van der Waals surface area contributed by atoms with Gasteiger partial charge in [0.05, 0.1) is 0 Å². The van der Waals surface area contributed by atoms with E-state index in [2.05, 4.69) is 10.3 Å². The van der Waals surface area contributed by atoms with Crippen molar-refractivity contribution in [3.8, 4) is 0 Å². The van der Waals surface area contributed by atoms with Crippen LogP contribution in [0.5, 0.6) is 0 Å². The number of rotatable bonds is 3. The molecule has 110 valence electrons. The zero-order valence-corrected chi connectivity index (χ0v) is 11.5. The first kappa shape index (κ1) is 15.0. The molecule has 0 radical (unpaired) electrons. The normalized spacial score (nSPS) is 23.1. The second-order valence-corrected chi connectivity index (χ2v) is 5.83. The number of nitrogens with zero attached hydrogens (tertiary/aromatic N) is 1. The number of anilines is 1. The molecule has 8 heteroatoms. The molecule has 1 amide bonds. The summed E-state index contributed by atoms with van der Waals surface area (Å²) in [5.41, 5.74) is 0.354. The van der Waals surface area contributed by atoms with Crippen LogP contribution in [0.25, 0.3) is 0 Å². The fourth-order valence-corrected chi connectivity index (χ4v) is 2.64. The number of nitrogens with two attached hydrogens (primary N) is 1. The summed E-state index contributed by atoms with van der Waals surface area (Å²) >= 11 is 0. The van der Waals surface area contributed by atoms with Crippen molar-refractivity contribution in [2.24, 2.45) is 11.1 Å². The van der Waals surface area contributed by atoms with Gasteiger partial charge in [-0.2, -0.15) is 0 Å². The second-order valence-electron chi connectivity index (χ2n) is 4.82. The first-order valence-corrected chi connectivity index (χ1v) is 7.40. The molecule has 5 nitrogen and oxygen atoms in total. The third-order valence-corrected chi connectivity index (χ3v) is 3.85. The Hall–Kier alpha value is -1.41. The largest absolute Gasteiger partial charge is 0.326 e. The molecule has 0 spiro atoms. The number of alkyl halides is 2. The number of carbonyl (C=O) groups excluding carboxylic acids is 1. The Morgan fingerprint density at radius 3 is 2.95 bits per heavy atom. The third kappa shape index (κ3) is 3.80. The summed E-state index contributed by atoms with van der Waals surface area (Å²) in [4.78, 5) is 15.7. The Labute approximate surface area is 117 Å². The van der Waals surface area contributed by atoms with E-state index in [0.29, 0.717) is 18.5 Å². The molecule has 1 saturated carbocycles. The zero-order chi connectivity index (χ0) is 14.8. The van der Waals surface area contributed by atoms with Gasteiger partial charge in [0.2, 0.25) is 11.8 Å². The van der Waals surface area contributed by atoms with Crippen molar-refractivity contribution >= 4 is 22.6 Å². The summed E-state index contributed by atoms with van der Waals surface area (Å²) < 4.78 is 37.6. The Balaban J connectivity index is 2.04. The molecule has 1 aromatic rings. The SMILES string of the molecule is NS(=O)c1cc(NC(=O)[C@H]2CCCC(F)(F)C2)ccn1. The van der Waals surface area contributed by atoms with Gasteiger partial charge in [0, 0.05) is 30.6 Å². The molecular weight excluding hydrogens is 288 g/mol. The average Bonchev–Trinajstić information content (AvgIpc) is 2.37. The van der Waals surface area contributed by atoms with E-state index in [9.17, 15) is 17.8 Å². The van der Waals surface area contributed by atoms with Gasteiger partial charge >= 0.3 is 0 Å². The lowest BCUT2D eigenvalue weighted by Crippen LogP contribution is -2.33. The number of hydrogen-bond donors (Lipinski definition) is 2. The van der Waals surface area contributed by atoms with Crippen LogP contribution in [0.1, 0.15) is 25.7 Å². The molecule has 20 heavy (non-hydrogen) atoms. The standard InChI is InChI=1S/C12H15F2N3O2S/c13-12(14)4-1-2-8(7-12)11(18)17-9-3-5-16-10(6-9)20(15)19/h3,5-6,8H,1-2,4,7,15H2,(H,16,17,18)/t8-,20?/m0/s1. The number of aromatic nitrogens is 1. The van der Waals surface area contributed by atoms with E-state index in [0.717, 1.165) is 0 Å². The number of halogens is 2. The van der Waals surface area contributed by atoms with Crippen molar-refractivity contribution in [2.45, 2.75) is 36.6 Å². The molecule has 0 aromatic carbocycles. The highest BCUT2D eigenvalue weighted by Crippen LogP contribution is 2.37. The van der Waals surface area contributed by atoms with Gasteiger partial charge in [-0.3, -0.25) is 4.79 Å². The maximum absolute atomic E-state index is 13.3. The summed E-state index contributed by atoms with van der Waals surface area (Å²) in [6.07, 6.45) is 1.54. The lowest BCUT2D eigenvalue weighted by Gasteiger charge is -2.27. The van der Waals surface area contributed by atoms with Crippen LogP contribution in [0.3, 0.4) is 0 Å². The molecule has 1 unspecified atom stereocenters. The molecule has 2 atom stereocenters. The minimum absolute atomic E-state index is 0.122. The van der Waals surface area contributed by atoms with Crippen LogP contribution in [0, 0.1) is 5.92 Å². The summed E-state index contributed by atoms with van der Waals surface area (Å²) in [6.45, 7) is 0. The van der Waals surface area contributed by atoms with Crippen LogP contribution >= 0.6 is 0 Å². The van der Waals surface area contributed by atoms with Crippen LogP contribution in [0.15, 0.2) is 23.4 Å². The number of amides is 1. The quantitative estimate of drug-likeness (QED) is 0.893. The number of carbonyl (C=O) groups is 1. The molecule has 1 aliphatic rings. The van der Waals surface area contributed by atoms with E-state index in [4.69, 9.17) is 5.14 Å². The topological polar surface area (TPSA) is 85.1 Å². The molecule has 1 aliphatic carbocycles. The molecule has 1 fully saturated rings. The van der Waals surface area contributed by atoms with E-state index in [-0.39, 0.29) is 11.4 Å². The van der Waals surface area contributed by atoms with Gasteiger partial charge in [-0.25, -0.2) is 23.1 Å². The van der Waals surface area contributed by atoms with Gasteiger partial charge in [-0.1, -0.05) is 0 Å². The van der Waals surface area contributed by atoms with Gasteiger partial charge in [0.15, 0.2) is 0 Å². The molecule has 1 heterocycles. The average molecular weight is 303 g/mol. The van der Waals surface area contributed by atoms with E-state index >= 15 is 0 Å². The Bertz CT molecular complexity index is 539. The van der Waals surface area contributed by atoms with Crippen molar-refractivity contribution in [1.29, 1.82) is 0 Å². The summed E-state index contributed by atoms with van der Waals surface area (Å²) in [5, 5.41) is 7.85. The first-order valence-electron chi connectivity index (χ1n) is 6.18. The molecule has 3 N–H and O–H groups in total. The van der Waals surface area contributed by atoms with Gasteiger partial charge in [0.1, 0.15) is 16.0 Å². The lowest BCUT2D eigenvalue weighted by atomic mass is 9.86. The van der Waals surface area contributed by atoms with Crippen molar-refractivity contribution in [3.63, 3.8) is 0 Å². The Kier molecular flexibility index (Phi) is 4.44. The maximum Gasteiger partial charge on any atom is 0.248 e. The fourth-order valence-electron chi connectivity index (χ4n) is 2.24. The van der Waals surface area contributed by atoms with Crippen LogP contribution < -0.4 is 10.5 Å². The molecule has 0 saturated heterocycles. The molecule has 2 rings (SSSR count). The zero-order valence-electron chi connectivity index (χ0n) is 10.6. The van der Waals surface area contributed by atoms with Gasteiger partial charge in [-0.05, 0) is 25.0 Å². The summed E-state index contributed by atoms with van der Waals surface area (Å²) in [7, 11) is -1.75. The highest BCUT2D eigenvalue weighted by atomic mass is 32.2. The van der Waals surface area contributed by atoms with Gasteiger partial charge < -0.3 is 5.32 Å². The van der Waals surface area contributed by atoms with Crippen LogP contribution in [0.4, 0.5) is 14.5 Å². The Morgan fingerprint density at radius 2 is 2.30 bits per heavy atom. The molecule has 1 aromatic heterocycles. The monoisotopic (exact) mass is 303 g/mol. The predicted molar refractivity (Wildman–Crippen MR) is 70.4 cm³/mol. The smallest absolute Gasteiger partial charge is 0.248 e. The van der Waals surface area contributed by atoms with Crippen LogP contribution in [0.2, 0.25) is 0 Å². The van der Waals surface area contributed by atoms with E-state index in [1.165, 1.54) is 18.3 Å². The first-order chi connectivity index (χ1) is 9.37. The van der Waals surface area contributed by atoms with E-state index < -0.39 is 35.2 Å². The Morgan fingerprint density at radius 1 is 1.55 bits per heavy atom. The van der Waals surface area contributed by atoms with E-state index in [1.54, 1.807) is 0 Å². The number of hydrogen-bond acceptors (Lipinski definition) is 3. The molecule has 0 aliphatic heterocycles. The predicted octanol–water partition coefficient (Wildman–Crippen LogP) is 1.83.